The highest BCUT2D eigenvalue weighted by molar-refractivity contribution is 5.98. The molecule has 3 nitrogen and oxygen atoms in total. The predicted octanol–water partition coefficient (Wildman–Crippen LogP) is 4.63. The van der Waals surface area contributed by atoms with Crippen LogP contribution in [0.2, 0.25) is 0 Å². The Morgan fingerprint density at radius 1 is 1.04 bits per heavy atom. The highest BCUT2D eigenvalue weighted by Gasteiger charge is 2.12. The van der Waals surface area contributed by atoms with E-state index in [2.05, 4.69) is 42.4 Å². The van der Waals surface area contributed by atoms with Crippen molar-refractivity contribution < 1.29 is 4.79 Å². The standard InChI is InChI=1S/C22H22N2O/c1-16-6-4-5-7-19(16)10-8-18-9-11-21(17(2)14-18)22(25)15-20-12-13-23-24(20)3/h4-14H,15H2,1-3H3/b10-8+. The zero-order valence-corrected chi connectivity index (χ0v) is 14.9. The molecule has 0 saturated heterocycles. The zero-order chi connectivity index (χ0) is 17.8. The smallest absolute Gasteiger partial charge is 0.169 e. The van der Waals surface area contributed by atoms with Crippen LogP contribution in [0.4, 0.5) is 0 Å². The molecule has 1 aromatic heterocycles. The van der Waals surface area contributed by atoms with Gasteiger partial charge < -0.3 is 0 Å². The molecule has 0 atom stereocenters. The first-order chi connectivity index (χ1) is 12.0. The van der Waals surface area contributed by atoms with Gasteiger partial charge in [-0.3, -0.25) is 9.48 Å². The number of hydrogen-bond donors (Lipinski definition) is 0. The largest absolute Gasteiger partial charge is 0.294 e. The van der Waals surface area contributed by atoms with E-state index in [1.165, 1.54) is 11.1 Å². The van der Waals surface area contributed by atoms with Crippen molar-refractivity contribution in [2.45, 2.75) is 20.3 Å². The quantitative estimate of drug-likeness (QED) is 0.505. The number of hydrogen-bond acceptors (Lipinski definition) is 2. The number of benzene rings is 2. The van der Waals surface area contributed by atoms with Gasteiger partial charge in [0.15, 0.2) is 5.78 Å². The van der Waals surface area contributed by atoms with E-state index in [9.17, 15) is 4.79 Å². The topological polar surface area (TPSA) is 34.9 Å². The molecule has 0 aliphatic heterocycles. The van der Waals surface area contributed by atoms with Crippen LogP contribution < -0.4 is 0 Å². The van der Waals surface area contributed by atoms with Gasteiger partial charge in [-0.05, 0) is 42.2 Å². The third-order valence-corrected chi connectivity index (χ3v) is 4.46. The van der Waals surface area contributed by atoms with Gasteiger partial charge in [-0.2, -0.15) is 5.10 Å². The molecule has 3 heteroatoms. The summed E-state index contributed by atoms with van der Waals surface area (Å²) in [6, 6.07) is 16.1. The fourth-order valence-corrected chi connectivity index (χ4v) is 2.90. The molecule has 3 aromatic rings. The Hall–Kier alpha value is -2.94. The van der Waals surface area contributed by atoms with Crippen LogP contribution in [-0.4, -0.2) is 15.6 Å². The Balaban J connectivity index is 1.78. The van der Waals surface area contributed by atoms with Crippen molar-refractivity contribution in [3.05, 3.63) is 88.2 Å². The van der Waals surface area contributed by atoms with Crippen molar-refractivity contribution in [3.8, 4) is 0 Å². The van der Waals surface area contributed by atoms with Crippen LogP contribution in [0.3, 0.4) is 0 Å². The summed E-state index contributed by atoms with van der Waals surface area (Å²) in [4.78, 5) is 12.6. The average Bonchev–Trinajstić information content (AvgIpc) is 2.99. The summed E-state index contributed by atoms with van der Waals surface area (Å²) in [7, 11) is 1.86. The molecule has 126 valence electrons. The second-order valence-corrected chi connectivity index (χ2v) is 6.31. The SMILES string of the molecule is Cc1ccccc1/C=C/c1ccc(C(=O)Cc2ccnn2C)c(C)c1. The van der Waals surface area contributed by atoms with Crippen LogP contribution in [0.15, 0.2) is 54.7 Å². The lowest BCUT2D eigenvalue weighted by Gasteiger charge is -2.07. The van der Waals surface area contributed by atoms with Crippen molar-refractivity contribution >= 4 is 17.9 Å². The van der Waals surface area contributed by atoms with Crippen molar-refractivity contribution in [2.75, 3.05) is 0 Å². The lowest BCUT2D eigenvalue weighted by molar-refractivity contribution is 0.0990. The van der Waals surface area contributed by atoms with Crippen LogP contribution in [0.5, 0.6) is 0 Å². The number of Topliss-reactive ketones (excluding diaryl/α,β-unsaturated/α-hetero) is 1. The zero-order valence-electron chi connectivity index (χ0n) is 14.9. The van der Waals surface area contributed by atoms with Gasteiger partial charge in [0.25, 0.3) is 0 Å². The van der Waals surface area contributed by atoms with E-state index in [1.807, 2.05) is 44.3 Å². The molecule has 0 aliphatic carbocycles. The number of ketones is 1. The van der Waals surface area contributed by atoms with Gasteiger partial charge in [0.1, 0.15) is 0 Å². The summed E-state index contributed by atoms with van der Waals surface area (Å²) in [6.45, 7) is 4.09. The molecule has 3 rings (SSSR count). The van der Waals surface area contributed by atoms with Crippen molar-refractivity contribution in [2.24, 2.45) is 7.05 Å². The van der Waals surface area contributed by atoms with Crippen molar-refractivity contribution in [1.29, 1.82) is 0 Å². The molecule has 0 spiro atoms. The summed E-state index contributed by atoms with van der Waals surface area (Å²) in [5.41, 5.74) is 6.24. The highest BCUT2D eigenvalue weighted by Crippen LogP contribution is 2.17. The molecule has 25 heavy (non-hydrogen) atoms. The highest BCUT2D eigenvalue weighted by atomic mass is 16.1. The fraction of sp³-hybridized carbons (Fsp3) is 0.182. The summed E-state index contributed by atoms with van der Waals surface area (Å²) >= 11 is 0. The van der Waals surface area contributed by atoms with Crippen LogP contribution in [0, 0.1) is 13.8 Å². The number of rotatable bonds is 5. The maximum Gasteiger partial charge on any atom is 0.169 e. The Morgan fingerprint density at radius 3 is 2.52 bits per heavy atom. The van der Waals surface area contributed by atoms with Crippen LogP contribution in [0.25, 0.3) is 12.2 Å². The van der Waals surface area contributed by atoms with E-state index in [1.54, 1.807) is 10.9 Å². The number of carbonyl (C=O) groups is 1. The Labute approximate surface area is 148 Å². The van der Waals surface area contributed by atoms with Crippen LogP contribution in [0.1, 0.15) is 38.3 Å². The van der Waals surface area contributed by atoms with E-state index in [0.717, 1.165) is 22.4 Å². The van der Waals surface area contributed by atoms with Crippen molar-refractivity contribution in [1.82, 2.24) is 9.78 Å². The van der Waals surface area contributed by atoms with E-state index in [0.29, 0.717) is 6.42 Å². The average molecular weight is 330 g/mol. The molecule has 0 radical (unpaired) electrons. The second-order valence-electron chi connectivity index (χ2n) is 6.31. The first-order valence-corrected chi connectivity index (χ1v) is 8.39. The summed E-state index contributed by atoms with van der Waals surface area (Å²) in [6.07, 6.45) is 6.29. The maximum absolute atomic E-state index is 12.6. The van der Waals surface area contributed by atoms with E-state index < -0.39 is 0 Å². The molecule has 0 unspecified atom stereocenters. The van der Waals surface area contributed by atoms with Gasteiger partial charge in [0.05, 0.1) is 6.42 Å². The van der Waals surface area contributed by atoms with Crippen LogP contribution >= 0.6 is 0 Å². The minimum atomic E-state index is 0.121. The number of carbonyl (C=O) groups excluding carboxylic acids is 1. The van der Waals surface area contributed by atoms with Gasteiger partial charge in [-0.25, -0.2) is 0 Å². The third kappa shape index (κ3) is 3.94. The summed E-state index contributed by atoms with van der Waals surface area (Å²) in [5, 5.41) is 4.12. The Kier molecular flexibility index (Phi) is 4.94. The molecule has 0 bridgehead atoms. The lowest BCUT2D eigenvalue weighted by atomic mass is 9.98. The van der Waals surface area contributed by atoms with Gasteiger partial charge in [-0.15, -0.1) is 0 Å². The number of nitrogens with zero attached hydrogens (tertiary/aromatic N) is 2. The molecule has 0 fully saturated rings. The van der Waals surface area contributed by atoms with E-state index in [-0.39, 0.29) is 5.78 Å². The van der Waals surface area contributed by atoms with Crippen molar-refractivity contribution in [3.63, 3.8) is 0 Å². The molecular weight excluding hydrogens is 308 g/mol. The Morgan fingerprint density at radius 2 is 1.84 bits per heavy atom. The normalized spacial score (nSPS) is 11.2. The van der Waals surface area contributed by atoms with Gasteiger partial charge in [0, 0.05) is 24.5 Å². The first kappa shape index (κ1) is 16.9. The van der Waals surface area contributed by atoms with Gasteiger partial charge in [0.2, 0.25) is 0 Å². The maximum atomic E-state index is 12.6. The molecule has 0 aliphatic rings. The van der Waals surface area contributed by atoms with E-state index >= 15 is 0 Å². The molecule has 0 saturated carbocycles. The predicted molar refractivity (Wildman–Crippen MR) is 103 cm³/mol. The minimum Gasteiger partial charge on any atom is -0.294 e. The van der Waals surface area contributed by atoms with Gasteiger partial charge >= 0.3 is 0 Å². The Bertz CT molecular complexity index is 935. The molecule has 0 N–H and O–H groups in total. The van der Waals surface area contributed by atoms with E-state index in [4.69, 9.17) is 0 Å². The summed E-state index contributed by atoms with van der Waals surface area (Å²) in [5.74, 6) is 0.121. The molecule has 0 amide bonds. The number of aryl methyl sites for hydroxylation is 3. The molecule has 2 aromatic carbocycles. The third-order valence-electron chi connectivity index (χ3n) is 4.46. The lowest BCUT2D eigenvalue weighted by Crippen LogP contribution is -2.09. The van der Waals surface area contributed by atoms with Gasteiger partial charge in [-0.1, -0.05) is 54.6 Å². The monoisotopic (exact) mass is 330 g/mol. The second kappa shape index (κ2) is 7.31. The van der Waals surface area contributed by atoms with Crippen LogP contribution in [-0.2, 0) is 13.5 Å². The minimum absolute atomic E-state index is 0.121. The summed E-state index contributed by atoms with van der Waals surface area (Å²) < 4.78 is 1.74. The fourth-order valence-electron chi connectivity index (χ4n) is 2.90. The molecule has 1 heterocycles. The first-order valence-electron chi connectivity index (χ1n) is 8.39. The molecular formula is C22H22N2O. The number of aromatic nitrogens is 2.